The van der Waals surface area contributed by atoms with Crippen LogP contribution in [0.4, 0.5) is 0 Å². The molecule has 1 saturated carbocycles. The summed E-state index contributed by atoms with van der Waals surface area (Å²) in [6.07, 6.45) is 4.90. The van der Waals surface area contributed by atoms with E-state index in [2.05, 4.69) is 11.9 Å². The molecule has 0 unspecified atom stereocenters. The third-order valence-corrected chi connectivity index (χ3v) is 8.89. The summed E-state index contributed by atoms with van der Waals surface area (Å²) in [6, 6.07) is 15.7. The lowest BCUT2D eigenvalue weighted by Crippen LogP contribution is -2.44. The standard InChI is InChI=1S/C29H35NO5S2/c1-21(31)20-22-8-12-24(13-9-22)34-17-5-16-30(2)23-10-14-25(15-11-23)35-29(28(32)33,26-6-3-18-36-26)27-7-4-19-37-27/h3-4,6-9,12-13,18-19,23,25H,5,10-11,14-17,20H2,1-2H3,(H,32,33)/t23-,25-. The van der Waals surface area contributed by atoms with E-state index >= 15 is 0 Å². The van der Waals surface area contributed by atoms with Crippen LogP contribution in [0.3, 0.4) is 0 Å². The maximum absolute atomic E-state index is 12.6. The summed E-state index contributed by atoms with van der Waals surface area (Å²) in [5.74, 6) is 0.0275. The molecule has 0 aliphatic heterocycles. The van der Waals surface area contributed by atoms with Crippen molar-refractivity contribution in [3.05, 3.63) is 74.6 Å². The van der Waals surface area contributed by atoms with Gasteiger partial charge in [0, 0.05) is 19.0 Å². The van der Waals surface area contributed by atoms with E-state index in [4.69, 9.17) is 9.47 Å². The van der Waals surface area contributed by atoms with Gasteiger partial charge in [0.2, 0.25) is 5.60 Å². The average molecular weight is 542 g/mol. The van der Waals surface area contributed by atoms with Crippen molar-refractivity contribution in [2.24, 2.45) is 0 Å². The summed E-state index contributed by atoms with van der Waals surface area (Å²) >= 11 is 2.86. The molecule has 1 aromatic carbocycles. The molecule has 1 N–H and O–H groups in total. The van der Waals surface area contributed by atoms with Gasteiger partial charge in [-0.1, -0.05) is 24.3 Å². The van der Waals surface area contributed by atoms with Gasteiger partial charge in [-0.15, -0.1) is 22.7 Å². The Kier molecular flexibility index (Phi) is 9.54. The van der Waals surface area contributed by atoms with Gasteiger partial charge in [-0.3, -0.25) is 4.79 Å². The monoisotopic (exact) mass is 541 g/mol. The normalized spacial score (nSPS) is 18.1. The summed E-state index contributed by atoms with van der Waals surface area (Å²) < 4.78 is 12.4. The summed E-state index contributed by atoms with van der Waals surface area (Å²) in [7, 11) is 2.15. The maximum Gasteiger partial charge on any atom is 0.347 e. The predicted molar refractivity (Wildman–Crippen MR) is 148 cm³/mol. The molecule has 2 heterocycles. The summed E-state index contributed by atoms with van der Waals surface area (Å²) in [4.78, 5) is 27.7. The van der Waals surface area contributed by atoms with Crippen molar-refractivity contribution in [1.29, 1.82) is 0 Å². The van der Waals surface area contributed by atoms with Gasteiger partial charge in [-0.25, -0.2) is 4.79 Å². The lowest BCUT2D eigenvalue weighted by Gasteiger charge is -2.38. The second-order valence-electron chi connectivity index (χ2n) is 9.69. The van der Waals surface area contributed by atoms with Gasteiger partial charge in [-0.05, 0) is 86.7 Å². The van der Waals surface area contributed by atoms with Crippen molar-refractivity contribution in [1.82, 2.24) is 4.90 Å². The maximum atomic E-state index is 12.6. The molecule has 37 heavy (non-hydrogen) atoms. The van der Waals surface area contributed by atoms with E-state index in [1.807, 2.05) is 59.3 Å². The Balaban J connectivity index is 1.25. The molecule has 198 valence electrons. The molecule has 2 aromatic heterocycles. The minimum absolute atomic E-state index is 0.0979. The second-order valence-corrected chi connectivity index (χ2v) is 11.6. The zero-order valence-electron chi connectivity index (χ0n) is 21.4. The average Bonchev–Trinajstić information content (AvgIpc) is 3.61. The summed E-state index contributed by atoms with van der Waals surface area (Å²) in [5.41, 5.74) is -0.432. The number of carboxylic acid groups (broad SMARTS) is 1. The number of rotatable bonds is 13. The van der Waals surface area contributed by atoms with Gasteiger partial charge in [0.05, 0.1) is 22.5 Å². The number of ether oxygens (including phenoxy) is 2. The van der Waals surface area contributed by atoms with Crippen molar-refractivity contribution in [3.63, 3.8) is 0 Å². The first kappa shape index (κ1) is 27.5. The Morgan fingerprint density at radius 3 is 2.14 bits per heavy atom. The molecular weight excluding hydrogens is 506 g/mol. The zero-order chi connectivity index (χ0) is 26.3. The molecule has 1 fully saturated rings. The molecular formula is C29H35NO5S2. The number of carboxylic acids is 1. The topological polar surface area (TPSA) is 76.1 Å². The minimum Gasteiger partial charge on any atom is -0.494 e. The van der Waals surface area contributed by atoms with E-state index in [0.717, 1.165) is 59.7 Å². The smallest absolute Gasteiger partial charge is 0.347 e. The van der Waals surface area contributed by atoms with E-state index in [1.165, 1.54) is 22.7 Å². The van der Waals surface area contributed by atoms with Crippen LogP contribution in [0.5, 0.6) is 5.75 Å². The van der Waals surface area contributed by atoms with Gasteiger partial charge in [0.25, 0.3) is 0 Å². The SMILES string of the molecule is CC(=O)Cc1ccc(OCCCN(C)[C@H]2CC[C@H](OC(C(=O)O)(c3cccs3)c3cccs3)CC2)cc1. The number of nitrogens with zero attached hydrogens (tertiary/aromatic N) is 1. The van der Waals surface area contributed by atoms with Crippen LogP contribution in [0, 0.1) is 0 Å². The molecule has 0 radical (unpaired) electrons. The Labute approximate surface area is 226 Å². The lowest BCUT2D eigenvalue weighted by atomic mass is 9.90. The Hall–Kier alpha value is -2.52. The fourth-order valence-corrected chi connectivity index (χ4v) is 6.80. The zero-order valence-corrected chi connectivity index (χ0v) is 23.1. The number of thiophene rings is 2. The van der Waals surface area contributed by atoms with E-state index in [9.17, 15) is 14.7 Å². The van der Waals surface area contributed by atoms with Crippen molar-refractivity contribution < 1.29 is 24.2 Å². The lowest BCUT2D eigenvalue weighted by molar-refractivity contribution is -0.170. The number of hydrogen-bond acceptors (Lipinski definition) is 7. The molecule has 0 amide bonds. The van der Waals surface area contributed by atoms with Gasteiger partial charge in [-0.2, -0.15) is 0 Å². The van der Waals surface area contributed by atoms with E-state index < -0.39 is 11.6 Å². The third-order valence-electron chi connectivity index (χ3n) is 6.95. The molecule has 4 rings (SSSR count). The molecule has 6 nitrogen and oxygen atoms in total. The van der Waals surface area contributed by atoms with Crippen molar-refractivity contribution >= 4 is 34.4 Å². The highest BCUT2D eigenvalue weighted by molar-refractivity contribution is 7.12. The van der Waals surface area contributed by atoms with E-state index in [-0.39, 0.29) is 11.9 Å². The molecule has 0 saturated heterocycles. The fourth-order valence-electron chi connectivity index (χ4n) is 4.99. The highest BCUT2D eigenvalue weighted by atomic mass is 32.1. The summed E-state index contributed by atoms with van der Waals surface area (Å²) in [5, 5.41) is 14.2. The van der Waals surface area contributed by atoms with Crippen molar-refractivity contribution in [3.8, 4) is 5.75 Å². The number of ketones is 1. The molecule has 1 aliphatic carbocycles. The van der Waals surface area contributed by atoms with Gasteiger partial charge in [0.15, 0.2) is 0 Å². The Bertz CT molecular complexity index is 1090. The molecule has 3 aromatic rings. The van der Waals surface area contributed by atoms with Crippen LogP contribution < -0.4 is 4.74 Å². The van der Waals surface area contributed by atoms with Gasteiger partial charge < -0.3 is 19.5 Å². The van der Waals surface area contributed by atoms with Crippen LogP contribution in [0.1, 0.15) is 54.3 Å². The fraction of sp³-hybridized carbons (Fsp3) is 0.448. The number of Topliss-reactive ketones (excluding diaryl/α,β-unsaturated/α-hetero) is 1. The second kappa shape index (κ2) is 12.8. The van der Waals surface area contributed by atoms with Crippen molar-refractivity contribution in [2.75, 3.05) is 20.2 Å². The Morgan fingerprint density at radius 1 is 1.00 bits per heavy atom. The van der Waals surface area contributed by atoms with Crippen LogP contribution in [0.15, 0.2) is 59.3 Å². The number of aliphatic carboxylic acids is 1. The number of hydrogen-bond donors (Lipinski definition) is 1. The van der Waals surface area contributed by atoms with Crippen LogP contribution in [0.2, 0.25) is 0 Å². The van der Waals surface area contributed by atoms with Crippen LogP contribution >= 0.6 is 22.7 Å². The van der Waals surface area contributed by atoms with Crippen LogP contribution in [-0.4, -0.2) is 54.1 Å². The number of carbonyl (C=O) groups excluding carboxylic acids is 1. The molecule has 0 atom stereocenters. The summed E-state index contributed by atoms with van der Waals surface area (Å²) in [6.45, 7) is 3.17. The molecule has 1 aliphatic rings. The largest absolute Gasteiger partial charge is 0.494 e. The highest BCUT2D eigenvalue weighted by Crippen LogP contribution is 2.42. The number of benzene rings is 1. The minimum atomic E-state index is -1.44. The quantitative estimate of drug-likeness (QED) is 0.268. The first-order valence-electron chi connectivity index (χ1n) is 12.8. The molecule has 0 spiro atoms. The van der Waals surface area contributed by atoms with Crippen LogP contribution in [-0.2, 0) is 26.3 Å². The first-order valence-corrected chi connectivity index (χ1v) is 14.5. The van der Waals surface area contributed by atoms with E-state index in [1.54, 1.807) is 6.92 Å². The van der Waals surface area contributed by atoms with Gasteiger partial charge in [0.1, 0.15) is 11.5 Å². The van der Waals surface area contributed by atoms with E-state index in [0.29, 0.717) is 19.1 Å². The Morgan fingerprint density at radius 2 is 1.62 bits per heavy atom. The first-order chi connectivity index (χ1) is 17.9. The number of carbonyl (C=O) groups is 2. The highest BCUT2D eigenvalue weighted by Gasteiger charge is 2.48. The third kappa shape index (κ3) is 6.87. The van der Waals surface area contributed by atoms with Gasteiger partial charge >= 0.3 is 5.97 Å². The van der Waals surface area contributed by atoms with Crippen LogP contribution in [0.25, 0.3) is 0 Å². The molecule has 0 bridgehead atoms. The molecule has 8 heteroatoms. The predicted octanol–water partition coefficient (Wildman–Crippen LogP) is 6.00. The van der Waals surface area contributed by atoms with Crippen molar-refractivity contribution in [2.45, 2.75) is 63.2 Å².